The SMILES string of the molecule is CCOc1ccc2nc(SCCCOc3ccccc3)[nH]c2c1. The first kappa shape index (κ1) is 15.7. The van der Waals surface area contributed by atoms with Crippen LogP contribution in [0.4, 0.5) is 0 Å². The molecular formula is C18H20N2O2S. The van der Waals surface area contributed by atoms with E-state index in [-0.39, 0.29) is 0 Å². The number of nitrogens with zero attached hydrogens (tertiary/aromatic N) is 1. The second kappa shape index (κ2) is 7.92. The van der Waals surface area contributed by atoms with Crippen LogP contribution in [0.15, 0.2) is 53.7 Å². The first-order valence-corrected chi connectivity index (χ1v) is 8.77. The number of hydrogen-bond donors (Lipinski definition) is 1. The third-order valence-electron chi connectivity index (χ3n) is 3.28. The van der Waals surface area contributed by atoms with Crippen molar-refractivity contribution >= 4 is 22.8 Å². The zero-order valence-corrected chi connectivity index (χ0v) is 13.9. The van der Waals surface area contributed by atoms with Crippen molar-refractivity contribution < 1.29 is 9.47 Å². The van der Waals surface area contributed by atoms with Gasteiger partial charge in [-0.15, -0.1) is 0 Å². The Morgan fingerprint density at radius 3 is 2.74 bits per heavy atom. The average Bonchev–Trinajstić information content (AvgIpc) is 2.98. The molecule has 23 heavy (non-hydrogen) atoms. The molecule has 1 N–H and O–H groups in total. The number of H-pyrrole nitrogens is 1. The second-order valence-electron chi connectivity index (χ2n) is 5.02. The molecule has 0 aliphatic heterocycles. The number of thioether (sulfide) groups is 1. The van der Waals surface area contributed by atoms with Gasteiger partial charge < -0.3 is 14.5 Å². The van der Waals surface area contributed by atoms with E-state index in [1.54, 1.807) is 11.8 Å². The smallest absolute Gasteiger partial charge is 0.166 e. The Kier molecular flexibility index (Phi) is 5.42. The molecule has 0 fully saturated rings. The normalized spacial score (nSPS) is 10.8. The van der Waals surface area contributed by atoms with Crippen molar-refractivity contribution in [2.24, 2.45) is 0 Å². The highest BCUT2D eigenvalue weighted by molar-refractivity contribution is 7.99. The Bertz CT molecular complexity index is 743. The van der Waals surface area contributed by atoms with E-state index in [2.05, 4.69) is 9.97 Å². The van der Waals surface area contributed by atoms with E-state index in [1.165, 1.54) is 0 Å². The topological polar surface area (TPSA) is 47.1 Å². The predicted octanol–water partition coefficient (Wildman–Crippen LogP) is 4.52. The third-order valence-corrected chi connectivity index (χ3v) is 4.24. The summed E-state index contributed by atoms with van der Waals surface area (Å²) in [5.74, 6) is 2.76. The van der Waals surface area contributed by atoms with Gasteiger partial charge in [0, 0.05) is 11.8 Å². The van der Waals surface area contributed by atoms with Gasteiger partial charge in [0.25, 0.3) is 0 Å². The fourth-order valence-electron chi connectivity index (χ4n) is 2.22. The van der Waals surface area contributed by atoms with Crippen LogP contribution in [0.3, 0.4) is 0 Å². The summed E-state index contributed by atoms with van der Waals surface area (Å²) < 4.78 is 11.2. The highest BCUT2D eigenvalue weighted by Gasteiger charge is 2.05. The molecule has 1 aromatic heterocycles. The van der Waals surface area contributed by atoms with Crippen LogP contribution in [0.2, 0.25) is 0 Å². The van der Waals surface area contributed by atoms with Gasteiger partial charge in [-0.1, -0.05) is 30.0 Å². The second-order valence-corrected chi connectivity index (χ2v) is 6.10. The van der Waals surface area contributed by atoms with Crippen LogP contribution in [-0.2, 0) is 0 Å². The van der Waals surface area contributed by atoms with Gasteiger partial charge in [-0.2, -0.15) is 0 Å². The van der Waals surface area contributed by atoms with Gasteiger partial charge in [-0.25, -0.2) is 4.98 Å². The van der Waals surface area contributed by atoms with E-state index in [0.29, 0.717) is 13.2 Å². The Balaban J connectivity index is 1.47. The monoisotopic (exact) mass is 328 g/mol. The summed E-state index contributed by atoms with van der Waals surface area (Å²) in [6, 6.07) is 15.8. The van der Waals surface area contributed by atoms with Crippen molar-refractivity contribution in [2.75, 3.05) is 19.0 Å². The summed E-state index contributed by atoms with van der Waals surface area (Å²) in [6.45, 7) is 3.37. The average molecular weight is 328 g/mol. The van der Waals surface area contributed by atoms with Crippen molar-refractivity contribution in [3.63, 3.8) is 0 Å². The quantitative estimate of drug-likeness (QED) is 0.488. The minimum atomic E-state index is 0.669. The molecule has 0 amide bonds. The lowest BCUT2D eigenvalue weighted by Crippen LogP contribution is -1.98. The van der Waals surface area contributed by atoms with E-state index in [9.17, 15) is 0 Å². The molecule has 0 saturated heterocycles. The van der Waals surface area contributed by atoms with Gasteiger partial charge in [0.05, 0.1) is 24.2 Å². The van der Waals surface area contributed by atoms with Crippen LogP contribution in [0, 0.1) is 0 Å². The molecule has 0 unspecified atom stereocenters. The van der Waals surface area contributed by atoms with E-state index < -0.39 is 0 Å². The number of aromatic amines is 1. The zero-order chi connectivity index (χ0) is 15.9. The first-order valence-electron chi connectivity index (χ1n) is 7.78. The molecule has 2 aromatic carbocycles. The van der Waals surface area contributed by atoms with Crippen molar-refractivity contribution in [1.29, 1.82) is 0 Å². The minimum Gasteiger partial charge on any atom is -0.494 e. The van der Waals surface area contributed by atoms with Crippen molar-refractivity contribution in [2.45, 2.75) is 18.5 Å². The molecule has 120 valence electrons. The van der Waals surface area contributed by atoms with E-state index in [0.717, 1.165) is 39.9 Å². The molecular weight excluding hydrogens is 308 g/mol. The molecule has 5 heteroatoms. The Morgan fingerprint density at radius 2 is 1.91 bits per heavy atom. The van der Waals surface area contributed by atoms with Gasteiger partial charge in [0.15, 0.2) is 5.16 Å². The highest BCUT2D eigenvalue weighted by atomic mass is 32.2. The first-order chi connectivity index (χ1) is 11.3. The maximum absolute atomic E-state index is 5.69. The van der Waals surface area contributed by atoms with Crippen LogP contribution in [0.5, 0.6) is 11.5 Å². The summed E-state index contributed by atoms with van der Waals surface area (Å²) in [5, 5.41) is 0.938. The molecule has 0 atom stereocenters. The standard InChI is InChI=1S/C18H20N2O2S/c1-2-21-15-9-10-16-17(13-15)20-18(19-16)23-12-6-11-22-14-7-4-3-5-8-14/h3-5,7-10,13H,2,6,11-12H2,1H3,(H,19,20). The molecule has 0 aliphatic rings. The highest BCUT2D eigenvalue weighted by Crippen LogP contribution is 2.23. The van der Waals surface area contributed by atoms with Gasteiger partial charge in [-0.3, -0.25) is 0 Å². The summed E-state index contributed by atoms with van der Waals surface area (Å²) >= 11 is 1.71. The number of rotatable bonds is 8. The number of para-hydroxylation sites is 1. The molecule has 4 nitrogen and oxygen atoms in total. The minimum absolute atomic E-state index is 0.669. The Labute approximate surface area is 140 Å². The lowest BCUT2D eigenvalue weighted by atomic mass is 10.3. The third kappa shape index (κ3) is 4.42. The molecule has 0 spiro atoms. The van der Waals surface area contributed by atoms with E-state index in [4.69, 9.17) is 9.47 Å². The summed E-state index contributed by atoms with van der Waals surface area (Å²) in [5.41, 5.74) is 1.98. The van der Waals surface area contributed by atoms with Gasteiger partial charge >= 0.3 is 0 Å². The maximum atomic E-state index is 5.69. The van der Waals surface area contributed by atoms with Crippen LogP contribution < -0.4 is 9.47 Å². The van der Waals surface area contributed by atoms with Crippen molar-refractivity contribution in [3.05, 3.63) is 48.5 Å². The van der Waals surface area contributed by atoms with Crippen LogP contribution in [0.25, 0.3) is 11.0 Å². The van der Waals surface area contributed by atoms with Crippen LogP contribution in [-0.4, -0.2) is 28.9 Å². The van der Waals surface area contributed by atoms with Gasteiger partial charge in [0.1, 0.15) is 11.5 Å². The zero-order valence-electron chi connectivity index (χ0n) is 13.1. The predicted molar refractivity (Wildman–Crippen MR) is 94.5 cm³/mol. The largest absolute Gasteiger partial charge is 0.494 e. The van der Waals surface area contributed by atoms with Crippen molar-refractivity contribution in [1.82, 2.24) is 9.97 Å². The summed E-state index contributed by atoms with van der Waals surface area (Å²) in [4.78, 5) is 7.91. The fourth-order valence-corrected chi connectivity index (χ4v) is 3.03. The molecule has 0 radical (unpaired) electrons. The lowest BCUT2D eigenvalue weighted by Gasteiger charge is -2.04. The molecule has 0 aliphatic carbocycles. The molecule has 1 heterocycles. The molecule has 0 bridgehead atoms. The number of hydrogen-bond acceptors (Lipinski definition) is 4. The Hall–Kier alpha value is -2.14. The number of fused-ring (bicyclic) bond motifs is 1. The number of benzene rings is 2. The molecule has 3 aromatic rings. The van der Waals surface area contributed by atoms with Crippen LogP contribution in [0.1, 0.15) is 13.3 Å². The van der Waals surface area contributed by atoms with E-state index in [1.807, 2.05) is 55.5 Å². The fraction of sp³-hybridized carbons (Fsp3) is 0.278. The number of ether oxygens (including phenoxy) is 2. The van der Waals surface area contributed by atoms with Gasteiger partial charge in [0.2, 0.25) is 0 Å². The van der Waals surface area contributed by atoms with E-state index >= 15 is 0 Å². The maximum Gasteiger partial charge on any atom is 0.166 e. The molecule has 0 saturated carbocycles. The lowest BCUT2D eigenvalue weighted by molar-refractivity contribution is 0.318. The Morgan fingerprint density at radius 1 is 1.04 bits per heavy atom. The van der Waals surface area contributed by atoms with Gasteiger partial charge in [-0.05, 0) is 37.6 Å². The van der Waals surface area contributed by atoms with Crippen molar-refractivity contribution in [3.8, 4) is 11.5 Å². The van der Waals surface area contributed by atoms with Crippen LogP contribution >= 0.6 is 11.8 Å². The summed E-state index contributed by atoms with van der Waals surface area (Å²) in [7, 11) is 0. The molecule has 3 rings (SSSR count). The number of imidazole rings is 1. The number of aromatic nitrogens is 2. The summed E-state index contributed by atoms with van der Waals surface area (Å²) in [6.07, 6.45) is 0.973. The number of nitrogens with one attached hydrogen (secondary N) is 1.